The van der Waals surface area contributed by atoms with E-state index in [0.29, 0.717) is 13.1 Å². The number of fused-ring (bicyclic) bond motifs is 1. The van der Waals surface area contributed by atoms with Crippen LogP contribution in [0.2, 0.25) is 5.02 Å². The van der Waals surface area contributed by atoms with E-state index in [1.807, 2.05) is 4.90 Å². The summed E-state index contributed by atoms with van der Waals surface area (Å²) in [5.41, 5.74) is 0.691. The predicted molar refractivity (Wildman–Crippen MR) is 180 cm³/mol. The molecule has 3 aromatic carbocycles. The minimum atomic E-state index is -4.07. The smallest absolute Gasteiger partial charge is 0.262 e. The van der Waals surface area contributed by atoms with Crippen LogP contribution in [-0.4, -0.2) is 110 Å². The quantitative estimate of drug-likeness (QED) is 0.377. The Morgan fingerprint density at radius 2 is 1.41 bits per heavy atom. The van der Waals surface area contributed by atoms with Crippen LogP contribution in [-0.2, 0) is 19.6 Å². The van der Waals surface area contributed by atoms with Gasteiger partial charge in [-0.05, 0) is 61.0 Å². The Morgan fingerprint density at radius 1 is 0.784 bits per heavy atom. The van der Waals surface area contributed by atoms with Gasteiger partial charge in [-0.2, -0.15) is 4.31 Å². The first-order valence-corrected chi connectivity index (χ1v) is 18.0. The van der Waals surface area contributed by atoms with Crippen molar-refractivity contribution in [1.82, 2.24) is 19.4 Å². The van der Waals surface area contributed by atoms with E-state index in [4.69, 9.17) is 11.6 Å². The highest BCUT2D eigenvalue weighted by Crippen LogP contribution is 2.34. The Hall–Kier alpha value is -4.93. The topological polar surface area (TPSA) is 148 Å². The molecule has 3 saturated heterocycles. The van der Waals surface area contributed by atoms with E-state index in [9.17, 15) is 36.8 Å². The first-order valence-electron chi connectivity index (χ1n) is 16.2. The fraction of sp³-hybridized carbons (Fsp3) is 0.324. The zero-order chi connectivity index (χ0) is 36.2. The summed E-state index contributed by atoms with van der Waals surface area (Å²) in [5, 5.41) is 2.09. The summed E-state index contributed by atoms with van der Waals surface area (Å²) in [6, 6.07) is 11.1. The number of amides is 5. The number of nitrogens with zero attached hydrogens (tertiary/aromatic N) is 5. The number of piperidine rings is 1. The van der Waals surface area contributed by atoms with Crippen LogP contribution in [0.1, 0.15) is 43.9 Å². The van der Waals surface area contributed by atoms with Gasteiger partial charge in [0.2, 0.25) is 21.8 Å². The summed E-state index contributed by atoms with van der Waals surface area (Å²) in [5.74, 6) is -4.42. The molecule has 0 saturated carbocycles. The van der Waals surface area contributed by atoms with Gasteiger partial charge in [-0.25, -0.2) is 17.2 Å². The first-order chi connectivity index (χ1) is 24.3. The number of imide groups is 2. The van der Waals surface area contributed by atoms with Crippen molar-refractivity contribution in [2.75, 3.05) is 62.2 Å². The number of carbonyl (C=O) groups excluding carboxylic acids is 5. The molecule has 4 heterocycles. The lowest BCUT2D eigenvalue weighted by molar-refractivity contribution is -0.136. The number of carbonyl (C=O) groups is 5. The Morgan fingerprint density at radius 3 is 2.06 bits per heavy atom. The lowest BCUT2D eigenvalue weighted by atomic mass is 10.0. The summed E-state index contributed by atoms with van der Waals surface area (Å²) in [6.45, 7) is 1.67. The number of nitrogens with one attached hydrogen (secondary N) is 1. The van der Waals surface area contributed by atoms with Crippen molar-refractivity contribution in [1.29, 1.82) is 0 Å². The highest BCUT2D eigenvalue weighted by atomic mass is 35.5. The fourth-order valence-electron chi connectivity index (χ4n) is 6.87. The van der Waals surface area contributed by atoms with Crippen LogP contribution >= 0.6 is 11.6 Å². The largest absolute Gasteiger partial charge is 0.369 e. The number of halogens is 3. The third-order valence-electron chi connectivity index (χ3n) is 9.64. The molecule has 0 aromatic heterocycles. The van der Waals surface area contributed by atoms with Gasteiger partial charge in [-0.3, -0.25) is 34.2 Å². The molecule has 4 aliphatic heterocycles. The van der Waals surface area contributed by atoms with Gasteiger partial charge >= 0.3 is 0 Å². The van der Waals surface area contributed by atoms with Crippen LogP contribution in [0.15, 0.2) is 59.5 Å². The molecule has 0 spiro atoms. The molecule has 1 atom stereocenters. The molecule has 0 radical (unpaired) electrons. The van der Waals surface area contributed by atoms with Gasteiger partial charge < -0.3 is 14.7 Å². The molecule has 266 valence electrons. The minimum Gasteiger partial charge on any atom is -0.369 e. The molecule has 7 rings (SSSR count). The molecule has 1 unspecified atom stereocenters. The molecule has 5 amide bonds. The number of rotatable bonds is 6. The van der Waals surface area contributed by atoms with Gasteiger partial charge in [0, 0.05) is 70.0 Å². The van der Waals surface area contributed by atoms with Crippen LogP contribution in [0.25, 0.3) is 0 Å². The Balaban J connectivity index is 1.01. The van der Waals surface area contributed by atoms with Crippen LogP contribution in [0.5, 0.6) is 0 Å². The highest BCUT2D eigenvalue weighted by Gasteiger charge is 2.45. The molecule has 1 N–H and O–H groups in total. The average molecular weight is 741 g/mol. The van der Waals surface area contributed by atoms with E-state index < -0.39 is 51.4 Å². The van der Waals surface area contributed by atoms with E-state index in [-0.39, 0.29) is 90.2 Å². The van der Waals surface area contributed by atoms with Crippen LogP contribution in [0, 0.1) is 11.6 Å². The van der Waals surface area contributed by atoms with Crippen molar-refractivity contribution in [3.63, 3.8) is 0 Å². The maximum atomic E-state index is 15.4. The van der Waals surface area contributed by atoms with E-state index in [2.05, 4.69) is 5.32 Å². The lowest BCUT2D eigenvalue weighted by Gasteiger charge is -2.36. The number of piperazine rings is 2. The SMILES string of the molecule is O=C1CCC(N2C(=O)c3cc(F)c(N4CCN(C(=O)c5ccc(Cl)c(S(=O)(=O)N6CCN(c7ccc(F)cc7)CC6)c5)CC4)cc3C2=O)C(=O)N1. The van der Waals surface area contributed by atoms with E-state index in [1.165, 1.54) is 45.6 Å². The molecule has 17 heteroatoms. The van der Waals surface area contributed by atoms with Crippen molar-refractivity contribution >= 4 is 62.5 Å². The number of sulfonamides is 1. The molecule has 0 bridgehead atoms. The van der Waals surface area contributed by atoms with Gasteiger partial charge in [-0.1, -0.05) is 11.6 Å². The van der Waals surface area contributed by atoms with Crippen molar-refractivity contribution in [2.24, 2.45) is 0 Å². The normalized spacial score (nSPS) is 20.2. The maximum Gasteiger partial charge on any atom is 0.262 e. The predicted octanol–water partition coefficient (Wildman–Crippen LogP) is 2.49. The Kier molecular flexibility index (Phi) is 9.01. The number of anilines is 2. The van der Waals surface area contributed by atoms with Crippen LogP contribution < -0.4 is 15.1 Å². The molecule has 4 aliphatic rings. The summed E-state index contributed by atoms with van der Waals surface area (Å²) in [6.07, 6.45) is -0.0741. The van der Waals surface area contributed by atoms with Crippen molar-refractivity contribution in [3.8, 4) is 0 Å². The number of benzene rings is 3. The summed E-state index contributed by atoms with van der Waals surface area (Å²) < 4.78 is 57.4. The average Bonchev–Trinajstić information content (AvgIpc) is 3.35. The third-order valence-corrected chi connectivity index (χ3v) is 12.0. The molecule has 0 aliphatic carbocycles. The second-order valence-electron chi connectivity index (χ2n) is 12.6. The van der Waals surface area contributed by atoms with Gasteiger partial charge in [0.05, 0.1) is 21.8 Å². The standard InChI is InChI=1S/C34H31ClF2N6O7S/c35-25-6-1-20(17-29(25)51(49,50)42-15-13-39(14-16-42)22-4-2-21(36)3-5-22)32(46)41-11-9-40(10-12-41)28-19-24-23(18-26(28)37)33(47)43(34(24)48)27-7-8-30(44)38-31(27)45/h1-6,17-19,27H,7-16H2,(H,38,44,45). The summed E-state index contributed by atoms with van der Waals surface area (Å²) >= 11 is 6.36. The van der Waals surface area contributed by atoms with E-state index >= 15 is 4.39 Å². The van der Waals surface area contributed by atoms with Gasteiger partial charge in [0.1, 0.15) is 22.6 Å². The van der Waals surface area contributed by atoms with Crippen LogP contribution in [0.3, 0.4) is 0 Å². The van der Waals surface area contributed by atoms with Crippen molar-refractivity contribution < 1.29 is 41.2 Å². The first kappa shape index (κ1) is 34.5. The fourth-order valence-corrected chi connectivity index (χ4v) is 8.79. The molecular weight excluding hydrogens is 710 g/mol. The zero-order valence-electron chi connectivity index (χ0n) is 27.0. The monoisotopic (exact) mass is 740 g/mol. The van der Waals surface area contributed by atoms with E-state index in [1.54, 1.807) is 17.0 Å². The molecule has 51 heavy (non-hydrogen) atoms. The number of hydrogen-bond donors (Lipinski definition) is 1. The van der Waals surface area contributed by atoms with Crippen molar-refractivity contribution in [2.45, 2.75) is 23.8 Å². The molecule has 3 fully saturated rings. The number of hydrogen-bond acceptors (Lipinski definition) is 9. The lowest BCUT2D eigenvalue weighted by Crippen LogP contribution is -2.54. The Labute approximate surface area is 296 Å². The second kappa shape index (κ2) is 13.3. The Bertz CT molecular complexity index is 2080. The third kappa shape index (κ3) is 6.31. The molecular formula is C34H31ClF2N6O7S. The summed E-state index contributed by atoms with van der Waals surface area (Å²) in [4.78, 5) is 69.5. The van der Waals surface area contributed by atoms with Crippen molar-refractivity contribution in [3.05, 3.63) is 87.9 Å². The maximum absolute atomic E-state index is 15.4. The highest BCUT2D eigenvalue weighted by molar-refractivity contribution is 7.89. The van der Waals surface area contributed by atoms with Gasteiger partial charge in [0.15, 0.2) is 0 Å². The molecule has 3 aromatic rings. The van der Waals surface area contributed by atoms with Gasteiger partial charge in [-0.15, -0.1) is 0 Å². The summed E-state index contributed by atoms with van der Waals surface area (Å²) in [7, 11) is -4.07. The second-order valence-corrected chi connectivity index (χ2v) is 14.9. The zero-order valence-corrected chi connectivity index (χ0v) is 28.6. The van der Waals surface area contributed by atoms with E-state index in [0.717, 1.165) is 16.7 Å². The van der Waals surface area contributed by atoms with Crippen LogP contribution in [0.4, 0.5) is 20.2 Å². The van der Waals surface area contributed by atoms with Gasteiger partial charge in [0.25, 0.3) is 17.7 Å². The molecule has 13 nitrogen and oxygen atoms in total. The minimum absolute atomic E-state index is 0.0294.